The van der Waals surface area contributed by atoms with E-state index in [1.807, 2.05) is 0 Å². The topological polar surface area (TPSA) is 42.7 Å². The van der Waals surface area contributed by atoms with Crippen molar-refractivity contribution in [3.63, 3.8) is 0 Å². The zero-order valence-corrected chi connectivity index (χ0v) is 10.1. The number of hydrogen-bond donors (Lipinski definition) is 1. The van der Waals surface area contributed by atoms with E-state index in [-0.39, 0.29) is 12.1 Å². The van der Waals surface area contributed by atoms with Crippen molar-refractivity contribution in [1.29, 1.82) is 0 Å². The normalized spacial score (nSPS) is 10.9. The standard InChI is InChI=1S/C12H13F3N4/c13-10-7-12(15)11(14)6-9(10)8-16-2-1-4-19-5-3-17-18-19/h3,5-7,16H,1-2,4,8H2. The zero-order chi connectivity index (χ0) is 13.7. The van der Waals surface area contributed by atoms with Gasteiger partial charge < -0.3 is 5.32 Å². The van der Waals surface area contributed by atoms with E-state index >= 15 is 0 Å². The Morgan fingerprint density at radius 2 is 1.89 bits per heavy atom. The molecule has 2 aromatic rings. The van der Waals surface area contributed by atoms with E-state index in [2.05, 4.69) is 15.6 Å². The van der Waals surface area contributed by atoms with Crippen molar-refractivity contribution in [2.24, 2.45) is 0 Å². The van der Waals surface area contributed by atoms with Gasteiger partial charge in [0.15, 0.2) is 11.6 Å². The highest BCUT2D eigenvalue weighted by Gasteiger charge is 2.09. The highest BCUT2D eigenvalue weighted by Crippen LogP contribution is 2.13. The molecule has 0 unspecified atom stereocenters. The summed E-state index contributed by atoms with van der Waals surface area (Å²) < 4.78 is 40.6. The molecule has 4 nitrogen and oxygen atoms in total. The van der Waals surface area contributed by atoms with Crippen molar-refractivity contribution in [3.05, 3.63) is 47.5 Å². The Labute approximate surface area is 108 Å². The molecule has 0 bridgehead atoms. The lowest BCUT2D eigenvalue weighted by molar-refractivity contribution is 0.484. The summed E-state index contributed by atoms with van der Waals surface area (Å²) >= 11 is 0. The third kappa shape index (κ3) is 3.78. The maximum absolute atomic E-state index is 13.3. The fourth-order valence-corrected chi connectivity index (χ4v) is 1.64. The van der Waals surface area contributed by atoms with Crippen LogP contribution in [0.25, 0.3) is 0 Å². The maximum Gasteiger partial charge on any atom is 0.161 e. The van der Waals surface area contributed by atoms with Crippen molar-refractivity contribution in [3.8, 4) is 0 Å². The molecule has 0 spiro atoms. The quantitative estimate of drug-likeness (QED) is 0.643. The molecule has 0 saturated heterocycles. The smallest absolute Gasteiger partial charge is 0.161 e. The van der Waals surface area contributed by atoms with Crippen LogP contribution in [0.5, 0.6) is 0 Å². The van der Waals surface area contributed by atoms with Crippen LogP contribution in [0.3, 0.4) is 0 Å². The molecular weight excluding hydrogens is 257 g/mol. The third-order valence-corrected chi connectivity index (χ3v) is 2.62. The second-order valence-corrected chi connectivity index (χ2v) is 4.05. The van der Waals surface area contributed by atoms with E-state index in [0.717, 1.165) is 12.5 Å². The minimum atomic E-state index is -1.17. The number of hydrogen-bond acceptors (Lipinski definition) is 3. The molecule has 1 heterocycles. The molecule has 0 amide bonds. The molecule has 1 N–H and O–H groups in total. The molecule has 0 aliphatic carbocycles. The molecule has 0 saturated carbocycles. The summed E-state index contributed by atoms with van der Waals surface area (Å²) in [6.07, 6.45) is 4.10. The number of halogens is 3. The highest BCUT2D eigenvalue weighted by atomic mass is 19.2. The van der Waals surface area contributed by atoms with Crippen LogP contribution in [0.2, 0.25) is 0 Å². The summed E-state index contributed by atoms with van der Waals surface area (Å²) in [7, 11) is 0. The second kappa shape index (κ2) is 6.33. The zero-order valence-electron chi connectivity index (χ0n) is 10.1. The molecule has 19 heavy (non-hydrogen) atoms. The molecule has 2 rings (SSSR count). The molecule has 0 atom stereocenters. The fourth-order valence-electron chi connectivity index (χ4n) is 1.64. The summed E-state index contributed by atoms with van der Waals surface area (Å²) in [5.74, 6) is -2.96. The van der Waals surface area contributed by atoms with Crippen molar-refractivity contribution in [2.75, 3.05) is 6.54 Å². The Morgan fingerprint density at radius 3 is 2.63 bits per heavy atom. The third-order valence-electron chi connectivity index (χ3n) is 2.62. The van der Waals surface area contributed by atoms with Gasteiger partial charge in [-0.3, -0.25) is 4.68 Å². The van der Waals surface area contributed by atoms with Gasteiger partial charge in [-0.15, -0.1) is 5.10 Å². The van der Waals surface area contributed by atoms with Crippen LogP contribution >= 0.6 is 0 Å². The Hall–Kier alpha value is -1.89. The maximum atomic E-state index is 13.3. The van der Waals surface area contributed by atoms with Gasteiger partial charge in [0.1, 0.15) is 5.82 Å². The average Bonchev–Trinajstić information content (AvgIpc) is 2.88. The molecule has 0 fully saturated rings. The number of nitrogens with one attached hydrogen (secondary N) is 1. The summed E-state index contributed by atoms with van der Waals surface area (Å²) in [6.45, 7) is 1.45. The first-order valence-corrected chi connectivity index (χ1v) is 5.85. The SMILES string of the molecule is Fc1cc(F)c(CNCCCn2ccnn2)cc1F. The van der Waals surface area contributed by atoms with Crippen LogP contribution in [0, 0.1) is 17.5 Å². The van der Waals surface area contributed by atoms with E-state index in [9.17, 15) is 13.2 Å². The van der Waals surface area contributed by atoms with Crippen molar-refractivity contribution < 1.29 is 13.2 Å². The number of nitrogens with zero attached hydrogens (tertiary/aromatic N) is 3. The molecular formula is C12H13F3N4. The summed E-state index contributed by atoms with van der Waals surface area (Å²) in [6, 6.07) is 1.43. The van der Waals surface area contributed by atoms with Gasteiger partial charge in [0.05, 0.1) is 6.20 Å². The van der Waals surface area contributed by atoms with E-state index < -0.39 is 17.5 Å². The lowest BCUT2D eigenvalue weighted by atomic mass is 10.2. The number of aryl methyl sites for hydroxylation is 1. The van der Waals surface area contributed by atoms with Crippen molar-refractivity contribution in [2.45, 2.75) is 19.5 Å². The predicted molar refractivity (Wildman–Crippen MR) is 62.7 cm³/mol. The summed E-state index contributed by atoms with van der Waals surface area (Å²) in [5, 5.41) is 10.4. The molecule has 1 aromatic heterocycles. The lowest BCUT2D eigenvalue weighted by Crippen LogP contribution is -2.17. The van der Waals surface area contributed by atoms with Gasteiger partial charge in [0.25, 0.3) is 0 Å². The first-order chi connectivity index (χ1) is 9.16. The van der Waals surface area contributed by atoms with Crippen LogP contribution in [0.4, 0.5) is 13.2 Å². The van der Waals surface area contributed by atoms with Gasteiger partial charge in [-0.2, -0.15) is 0 Å². The van der Waals surface area contributed by atoms with Crippen LogP contribution < -0.4 is 5.32 Å². The van der Waals surface area contributed by atoms with Crippen molar-refractivity contribution >= 4 is 0 Å². The van der Waals surface area contributed by atoms with Crippen molar-refractivity contribution in [1.82, 2.24) is 20.3 Å². The number of rotatable bonds is 6. The summed E-state index contributed by atoms with van der Waals surface area (Å²) in [4.78, 5) is 0. The van der Waals surface area contributed by atoms with Gasteiger partial charge in [-0.25, -0.2) is 13.2 Å². The van der Waals surface area contributed by atoms with Gasteiger partial charge >= 0.3 is 0 Å². The van der Waals surface area contributed by atoms with Crippen LogP contribution in [0.15, 0.2) is 24.5 Å². The van der Waals surface area contributed by atoms with Gasteiger partial charge in [0, 0.05) is 30.9 Å². The van der Waals surface area contributed by atoms with E-state index in [1.54, 1.807) is 17.1 Å². The molecule has 7 heteroatoms. The second-order valence-electron chi connectivity index (χ2n) is 4.05. The molecule has 1 aromatic carbocycles. The lowest BCUT2D eigenvalue weighted by Gasteiger charge is -2.06. The van der Waals surface area contributed by atoms with Gasteiger partial charge in [-0.1, -0.05) is 5.21 Å². The Balaban J connectivity index is 1.75. The minimum absolute atomic E-state index is 0.111. The fraction of sp³-hybridized carbons (Fsp3) is 0.333. The first kappa shape index (κ1) is 13.5. The monoisotopic (exact) mass is 270 g/mol. The van der Waals surface area contributed by atoms with Gasteiger partial charge in [-0.05, 0) is 19.0 Å². The van der Waals surface area contributed by atoms with E-state index in [1.165, 1.54) is 0 Å². The molecule has 0 aliphatic rings. The van der Waals surface area contributed by atoms with E-state index in [0.29, 0.717) is 19.2 Å². The van der Waals surface area contributed by atoms with Crippen LogP contribution in [-0.4, -0.2) is 21.5 Å². The number of benzene rings is 1. The molecule has 0 radical (unpaired) electrons. The van der Waals surface area contributed by atoms with E-state index in [4.69, 9.17) is 0 Å². The van der Waals surface area contributed by atoms with Crippen LogP contribution in [-0.2, 0) is 13.1 Å². The largest absolute Gasteiger partial charge is 0.312 e. The predicted octanol–water partition coefficient (Wildman–Crippen LogP) is 1.88. The Morgan fingerprint density at radius 1 is 1.11 bits per heavy atom. The Kier molecular flexibility index (Phi) is 4.51. The molecule has 0 aliphatic heterocycles. The molecule has 102 valence electrons. The first-order valence-electron chi connectivity index (χ1n) is 5.85. The number of aromatic nitrogens is 3. The Bertz CT molecular complexity index is 528. The minimum Gasteiger partial charge on any atom is -0.312 e. The highest BCUT2D eigenvalue weighted by molar-refractivity contribution is 5.19. The average molecular weight is 270 g/mol. The van der Waals surface area contributed by atoms with Crippen LogP contribution in [0.1, 0.15) is 12.0 Å². The summed E-state index contributed by atoms with van der Waals surface area (Å²) in [5.41, 5.74) is 0.111. The van der Waals surface area contributed by atoms with Gasteiger partial charge in [0.2, 0.25) is 0 Å².